The largest absolute Gasteiger partial charge is 0.497 e. The lowest BCUT2D eigenvalue weighted by Gasteiger charge is -2.01. The van der Waals surface area contributed by atoms with Crippen LogP contribution in [0.4, 0.5) is 5.69 Å². The molecule has 102 valence electrons. The Morgan fingerprint density at radius 3 is 2.55 bits per heavy atom. The van der Waals surface area contributed by atoms with Crippen LogP contribution in [0.5, 0.6) is 5.75 Å². The van der Waals surface area contributed by atoms with Gasteiger partial charge in [-0.25, -0.2) is 4.99 Å². The van der Waals surface area contributed by atoms with Crippen LogP contribution < -0.4 is 9.54 Å². The van der Waals surface area contributed by atoms with E-state index in [1.54, 1.807) is 18.4 Å². The fraction of sp³-hybridized carbons (Fsp3) is 0.188. The van der Waals surface area contributed by atoms with E-state index in [4.69, 9.17) is 9.73 Å². The number of ether oxygens (including phenoxy) is 1. The molecule has 0 bridgehead atoms. The summed E-state index contributed by atoms with van der Waals surface area (Å²) >= 11 is 1.72. The van der Waals surface area contributed by atoms with Crippen LogP contribution in [-0.4, -0.2) is 11.7 Å². The molecule has 3 aromatic rings. The number of para-hydroxylation sites is 1. The second-order valence-electron chi connectivity index (χ2n) is 4.41. The number of aryl methyl sites for hydroxylation is 1. The van der Waals surface area contributed by atoms with Gasteiger partial charge >= 0.3 is 0 Å². The monoisotopic (exact) mass is 284 g/mol. The van der Waals surface area contributed by atoms with E-state index in [0.29, 0.717) is 0 Å². The number of rotatable bonds is 3. The third-order valence-corrected chi connectivity index (χ3v) is 4.26. The van der Waals surface area contributed by atoms with Gasteiger partial charge in [0.05, 0.1) is 23.0 Å². The maximum absolute atomic E-state index is 5.17. The Balaban J connectivity index is 2.14. The Labute approximate surface area is 121 Å². The zero-order valence-corrected chi connectivity index (χ0v) is 12.4. The first-order valence-electron chi connectivity index (χ1n) is 6.59. The lowest BCUT2D eigenvalue weighted by molar-refractivity contribution is 0.415. The predicted molar refractivity (Wildman–Crippen MR) is 83.7 cm³/mol. The molecule has 4 heteroatoms. The Morgan fingerprint density at radius 2 is 1.85 bits per heavy atom. The molecule has 0 fully saturated rings. The van der Waals surface area contributed by atoms with Gasteiger partial charge < -0.3 is 9.30 Å². The van der Waals surface area contributed by atoms with E-state index in [2.05, 4.69) is 35.8 Å². The summed E-state index contributed by atoms with van der Waals surface area (Å²) in [4.78, 5) is 5.78. The number of nitrogens with zero attached hydrogens (tertiary/aromatic N) is 2. The van der Waals surface area contributed by atoms with Gasteiger partial charge in [0.1, 0.15) is 5.75 Å². The highest BCUT2D eigenvalue weighted by Gasteiger charge is 2.03. The third kappa shape index (κ3) is 2.34. The number of fused-ring (bicyclic) bond motifs is 1. The molecule has 0 amide bonds. The molecule has 0 aliphatic carbocycles. The molecule has 3 rings (SSSR count). The molecule has 1 aromatic heterocycles. The highest BCUT2D eigenvalue weighted by molar-refractivity contribution is 7.16. The first-order valence-corrected chi connectivity index (χ1v) is 7.40. The summed E-state index contributed by atoms with van der Waals surface area (Å²) < 4.78 is 8.67. The number of benzene rings is 2. The van der Waals surface area contributed by atoms with Crippen LogP contribution in [0.15, 0.2) is 53.5 Å². The van der Waals surface area contributed by atoms with Gasteiger partial charge in [0.25, 0.3) is 0 Å². The Morgan fingerprint density at radius 1 is 1.10 bits per heavy atom. The molecule has 0 radical (unpaired) electrons. The molecule has 0 unspecified atom stereocenters. The average Bonchev–Trinajstić information content (AvgIpc) is 2.85. The number of hydrogen-bond donors (Lipinski definition) is 0. The fourth-order valence-corrected chi connectivity index (χ4v) is 3.29. The topological polar surface area (TPSA) is 26.5 Å². The first-order chi connectivity index (χ1) is 9.81. The third-order valence-electron chi connectivity index (χ3n) is 3.20. The van der Waals surface area contributed by atoms with Gasteiger partial charge in [-0.3, -0.25) is 0 Å². The van der Waals surface area contributed by atoms with Gasteiger partial charge in [-0.1, -0.05) is 23.5 Å². The fourth-order valence-electron chi connectivity index (χ4n) is 2.18. The van der Waals surface area contributed by atoms with Crippen molar-refractivity contribution in [3.8, 4) is 5.75 Å². The Bertz CT molecular complexity index is 784. The van der Waals surface area contributed by atoms with Crippen molar-refractivity contribution in [1.82, 2.24) is 4.57 Å². The van der Waals surface area contributed by atoms with Crippen LogP contribution in [-0.2, 0) is 6.54 Å². The molecule has 0 aliphatic heterocycles. The molecular formula is C16H16N2OS. The van der Waals surface area contributed by atoms with Crippen LogP contribution in [0.25, 0.3) is 10.2 Å². The normalized spacial score (nSPS) is 12.0. The maximum atomic E-state index is 5.17. The number of aromatic nitrogens is 1. The molecule has 0 spiro atoms. The highest BCUT2D eigenvalue weighted by Crippen LogP contribution is 2.20. The lowest BCUT2D eigenvalue weighted by atomic mass is 10.3. The van der Waals surface area contributed by atoms with Gasteiger partial charge in [-0.2, -0.15) is 0 Å². The van der Waals surface area contributed by atoms with E-state index < -0.39 is 0 Å². The Kier molecular flexibility index (Phi) is 3.56. The van der Waals surface area contributed by atoms with Crippen molar-refractivity contribution in [2.75, 3.05) is 7.11 Å². The van der Waals surface area contributed by atoms with Crippen LogP contribution in [0.1, 0.15) is 6.92 Å². The zero-order valence-electron chi connectivity index (χ0n) is 11.5. The van der Waals surface area contributed by atoms with Crippen LogP contribution in [0, 0.1) is 0 Å². The minimum absolute atomic E-state index is 0.851. The zero-order chi connectivity index (χ0) is 13.9. The van der Waals surface area contributed by atoms with Crippen LogP contribution >= 0.6 is 11.3 Å². The number of hydrogen-bond acceptors (Lipinski definition) is 3. The molecular weight excluding hydrogens is 268 g/mol. The molecule has 3 nitrogen and oxygen atoms in total. The number of thiazole rings is 1. The number of methoxy groups -OCH3 is 1. The highest BCUT2D eigenvalue weighted by atomic mass is 32.1. The molecule has 0 atom stereocenters. The summed E-state index contributed by atoms with van der Waals surface area (Å²) in [6.07, 6.45) is 0. The van der Waals surface area contributed by atoms with E-state index in [0.717, 1.165) is 22.8 Å². The summed E-state index contributed by atoms with van der Waals surface area (Å²) in [5.74, 6) is 0.851. The molecule has 20 heavy (non-hydrogen) atoms. The van der Waals surface area contributed by atoms with E-state index >= 15 is 0 Å². The Hall–Kier alpha value is -2.07. The minimum Gasteiger partial charge on any atom is -0.497 e. The quantitative estimate of drug-likeness (QED) is 0.715. The average molecular weight is 284 g/mol. The smallest absolute Gasteiger partial charge is 0.190 e. The molecule has 0 saturated heterocycles. The van der Waals surface area contributed by atoms with Crippen molar-refractivity contribution in [3.63, 3.8) is 0 Å². The van der Waals surface area contributed by atoms with Crippen molar-refractivity contribution in [3.05, 3.63) is 53.3 Å². The van der Waals surface area contributed by atoms with Gasteiger partial charge in [-0.15, -0.1) is 0 Å². The minimum atomic E-state index is 0.851. The van der Waals surface area contributed by atoms with Crippen molar-refractivity contribution in [2.24, 2.45) is 4.99 Å². The van der Waals surface area contributed by atoms with Crippen molar-refractivity contribution in [1.29, 1.82) is 0 Å². The summed E-state index contributed by atoms with van der Waals surface area (Å²) in [5, 5.41) is 0. The van der Waals surface area contributed by atoms with E-state index in [9.17, 15) is 0 Å². The van der Waals surface area contributed by atoms with Crippen molar-refractivity contribution in [2.45, 2.75) is 13.5 Å². The predicted octanol–water partition coefficient (Wildman–Crippen LogP) is 3.96. The van der Waals surface area contributed by atoms with Crippen molar-refractivity contribution < 1.29 is 4.74 Å². The van der Waals surface area contributed by atoms with E-state index in [1.165, 1.54) is 10.2 Å². The molecule has 0 saturated carbocycles. The molecule has 2 aromatic carbocycles. The molecule has 0 aliphatic rings. The van der Waals surface area contributed by atoms with Crippen LogP contribution in [0.2, 0.25) is 0 Å². The lowest BCUT2D eigenvalue weighted by Crippen LogP contribution is -2.12. The summed E-state index contributed by atoms with van der Waals surface area (Å²) in [7, 11) is 1.67. The van der Waals surface area contributed by atoms with Gasteiger partial charge in [0.15, 0.2) is 4.80 Å². The van der Waals surface area contributed by atoms with E-state index in [-0.39, 0.29) is 0 Å². The summed E-state index contributed by atoms with van der Waals surface area (Å²) in [5.41, 5.74) is 2.19. The van der Waals surface area contributed by atoms with Gasteiger partial charge in [0.2, 0.25) is 0 Å². The summed E-state index contributed by atoms with van der Waals surface area (Å²) in [6, 6.07) is 16.2. The maximum Gasteiger partial charge on any atom is 0.190 e. The summed E-state index contributed by atoms with van der Waals surface area (Å²) in [6.45, 7) is 3.06. The van der Waals surface area contributed by atoms with Crippen molar-refractivity contribution >= 4 is 27.2 Å². The van der Waals surface area contributed by atoms with E-state index in [1.807, 2.05) is 24.3 Å². The molecule has 0 N–H and O–H groups in total. The second kappa shape index (κ2) is 5.51. The standard InChI is InChI=1S/C16H16N2OS/c1-3-18-14-6-4-5-7-15(14)20-16(18)17-12-8-10-13(19-2)11-9-12/h4-11H,3H2,1-2H3. The SMILES string of the molecule is CCn1c(=Nc2ccc(OC)cc2)sc2ccccc21. The van der Waals surface area contributed by atoms with Gasteiger partial charge in [-0.05, 0) is 43.3 Å². The second-order valence-corrected chi connectivity index (χ2v) is 5.42. The van der Waals surface area contributed by atoms with Crippen LogP contribution in [0.3, 0.4) is 0 Å². The first kappa shape index (κ1) is 12.9. The molecule has 1 heterocycles. The van der Waals surface area contributed by atoms with Gasteiger partial charge in [0, 0.05) is 6.54 Å².